The normalized spacial score (nSPS) is 19.4. The summed E-state index contributed by atoms with van der Waals surface area (Å²) >= 11 is 0. The first-order valence-electron chi connectivity index (χ1n) is 4.91. The van der Waals surface area contributed by atoms with Gasteiger partial charge in [-0.2, -0.15) is 0 Å². The van der Waals surface area contributed by atoms with Crippen LogP contribution in [0, 0.1) is 5.82 Å². The molecule has 0 N–H and O–H groups in total. The maximum atomic E-state index is 13.9. The van der Waals surface area contributed by atoms with Crippen molar-refractivity contribution in [2.24, 2.45) is 0 Å². The van der Waals surface area contributed by atoms with Crippen molar-refractivity contribution in [1.82, 2.24) is 0 Å². The molecule has 2 rings (SSSR count). The third-order valence-corrected chi connectivity index (χ3v) is 3.28. The fourth-order valence-corrected chi connectivity index (χ4v) is 2.12. The van der Waals surface area contributed by atoms with Crippen LogP contribution in [0.1, 0.15) is 32.3 Å². The molecule has 0 aliphatic heterocycles. The van der Waals surface area contributed by atoms with E-state index in [4.69, 9.17) is 0 Å². The molecule has 0 spiro atoms. The summed E-state index contributed by atoms with van der Waals surface area (Å²) in [5.74, 6) is -0.263. The third-order valence-electron chi connectivity index (χ3n) is 3.28. The Balaban J connectivity index is 2.36. The lowest BCUT2D eigenvalue weighted by Gasteiger charge is -2.27. The molecule has 0 amide bonds. The Morgan fingerprint density at radius 2 is 1.64 bits per heavy atom. The smallest absolute Gasteiger partial charge is 0.123 e. The maximum Gasteiger partial charge on any atom is 0.123 e. The van der Waals surface area contributed by atoms with Crippen LogP contribution < -0.4 is 0 Å². The quantitative estimate of drug-likeness (QED) is 0.677. The summed E-state index contributed by atoms with van der Waals surface area (Å²) in [6, 6.07) is 6.20. The predicted octanol–water partition coefficient (Wildman–Crippen LogP) is 3.61. The van der Waals surface area contributed by atoms with Gasteiger partial charge in [0, 0.05) is 5.41 Å². The van der Waals surface area contributed by atoms with Crippen molar-refractivity contribution >= 4 is 0 Å². The van der Waals surface area contributed by atoms with Gasteiger partial charge in [0.15, 0.2) is 0 Å². The zero-order valence-corrected chi connectivity index (χ0v) is 8.48. The Morgan fingerprint density at radius 3 is 2.00 bits per heavy atom. The number of alkyl halides is 1. The molecule has 0 saturated heterocycles. The van der Waals surface area contributed by atoms with Crippen molar-refractivity contribution in [3.8, 4) is 0 Å². The van der Waals surface area contributed by atoms with Crippen LogP contribution in [0.5, 0.6) is 0 Å². The SMILES string of the molecule is CC(C)(F)C1(c2ccc(F)cc2)CC1. The number of benzene rings is 1. The van der Waals surface area contributed by atoms with E-state index >= 15 is 0 Å². The minimum atomic E-state index is -1.22. The summed E-state index contributed by atoms with van der Waals surface area (Å²) in [4.78, 5) is 0. The van der Waals surface area contributed by atoms with Crippen molar-refractivity contribution < 1.29 is 8.78 Å². The molecular formula is C12H14F2. The van der Waals surface area contributed by atoms with Crippen molar-refractivity contribution in [3.63, 3.8) is 0 Å². The first-order valence-corrected chi connectivity index (χ1v) is 4.91. The van der Waals surface area contributed by atoms with Crippen LogP contribution in [0.3, 0.4) is 0 Å². The van der Waals surface area contributed by atoms with Crippen molar-refractivity contribution in [2.45, 2.75) is 37.8 Å². The van der Waals surface area contributed by atoms with E-state index in [1.807, 2.05) is 0 Å². The molecule has 1 saturated carbocycles. The van der Waals surface area contributed by atoms with Gasteiger partial charge < -0.3 is 0 Å². The molecule has 0 unspecified atom stereocenters. The molecule has 0 aromatic heterocycles. The van der Waals surface area contributed by atoms with Crippen molar-refractivity contribution in [3.05, 3.63) is 35.6 Å². The van der Waals surface area contributed by atoms with Gasteiger partial charge in [-0.3, -0.25) is 0 Å². The first kappa shape index (κ1) is 9.63. The summed E-state index contributed by atoms with van der Waals surface area (Å²) in [5, 5.41) is 0. The monoisotopic (exact) mass is 196 g/mol. The zero-order chi connectivity index (χ0) is 10.4. The number of hydrogen-bond acceptors (Lipinski definition) is 0. The van der Waals surface area contributed by atoms with Gasteiger partial charge in [-0.05, 0) is 44.4 Å². The highest BCUT2D eigenvalue weighted by atomic mass is 19.1. The predicted molar refractivity (Wildman–Crippen MR) is 52.5 cm³/mol. The molecule has 14 heavy (non-hydrogen) atoms. The molecule has 0 nitrogen and oxygen atoms in total. The van der Waals surface area contributed by atoms with Gasteiger partial charge in [-0.1, -0.05) is 12.1 Å². The number of halogens is 2. The van der Waals surface area contributed by atoms with Crippen LogP contribution in [0.15, 0.2) is 24.3 Å². The van der Waals surface area contributed by atoms with E-state index in [0.717, 1.165) is 18.4 Å². The molecule has 1 aromatic carbocycles. The van der Waals surface area contributed by atoms with Crippen LogP contribution in [0.2, 0.25) is 0 Å². The highest BCUT2D eigenvalue weighted by Crippen LogP contribution is 2.57. The molecule has 1 aliphatic rings. The second kappa shape index (κ2) is 2.78. The Morgan fingerprint density at radius 1 is 1.14 bits per heavy atom. The van der Waals surface area contributed by atoms with Crippen molar-refractivity contribution in [1.29, 1.82) is 0 Å². The molecule has 1 aliphatic carbocycles. The lowest BCUT2D eigenvalue weighted by atomic mass is 9.83. The molecular weight excluding hydrogens is 182 g/mol. The van der Waals surface area contributed by atoms with E-state index in [9.17, 15) is 8.78 Å². The summed E-state index contributed by atoms with van der Waals surface area (Å²) in [5.41, 5.74) is -0.655. The molecule has 1 fully saturated rings. The third kappa shape index (κ3) is 1.33. The van der Waals surface area contributed by atoms with Gasteiger partial charge in [0.25, 0.3) is 0 Å². The number of hydrogen-bond donors (Lipinski definition) is 0. The zero-order valence-electron chi connectivity index (χ0n) is 8.48. The van der Waals surface area contributed by atoms with E-state index in [2.05, 4.69) is 0 Å². The lowest BCUT2D eigenvalue weighted by molar-refractivity contribution is 0.156. The van der Waals surface area contributed by atoms with E-state index in [0.29, 0.717) is 0 Å². The Hall–Kier alpha value is -0.920. The Bertz CT molecular complexity index is 328. The highest BCUT2D eigenvalue weighted by molar-refractivity contribution is 5.35. The van der Waals surface area contributed by atoms with Gasteiger partial charge in [0.05, 0.1) is 0 Å². The standard InChI is InChI=1S/C12H14F2/c1-11(2,14)12(7-8-12)9-3-5-10(13)6-4-9/h3-6H,7-8H2,1-2H3. The molecule has 0 atom stereocenters. The average molecular weight is 196 g/mol. The molecule has 2 heteroatoms. The summed E-state index contributed by atoms with van der Waals surface area (Å²) < 4.78 is 26.6. The molecule has 0 heterocycles. The van der Waals surface area contributed by atoms with Crippen LogP contribution in [-0.4, -0.2) is 5.67 Å². The van der Waals surface area contributed by atoms with E-state index in [1.165, 1.54) is 12.1 Å². The topological polar surface area (TPSA) is 0 Å². The maximum absolute atomic E-state index is 13.9. The summed E-state index contributed by atoms with van der Waals surface area (Å²) in [6.07, 6.45) is 1.73. The Kier molecular flexibility index (Phi) is 1.91. The molecule has 0 bridgehead atoms. The molecule has 76 valence electrons. The van der Waals surface area contributed by atoms with Crippen LogP contribution in [0.25, 0.3) is 0 Å². The fraction of sp³-hybridized carbons (Fsp3) is 0.500. The second-order valence-electron chi connectivity index (χ2n) is 4.56. The van der Waals surface area contributed by atoms with Gasteiger partial charge in [-0.15, -0.1) is 0 Å². The minimum Gasteiger partial charge on any atom is -0.244 e. The first-order chi connectivity index (χ1) is 6.46. The van der Waals surface area contributed by atoms with Gasteiger partial charge in [0.2, 0.25) is 0 Å². The summed E-state index contributed by atoms with van der Waals surface area (Å²) in [6.45, 7) is 3.20. The van der Waals surface area contributed by atoms with Gasteiger partial charge in [0.1, 0.15) is 11.5 Å². The molecule has 1 aromatic rings. The van der Waals surface area contributed by atoms with Crippen molar-refractivity contribution in [2.75, 3.05) is 0 Å². The second-order valence-corrected chi connectivity index (χ2v) is 4.56. The molecule has 0 radical (unpaired) electrons. The van der Waals surface area contributed by atoms with Crippen LogP contribution in [0.4, 0.5) is 8.78 Å². The number of rotatable bonds is 2. The average Bonchev–Trinajstić information content (AvgIpc) is 2.84. The van der Waals surface area contributed by atoms with Crippen LogP contribution in [-0.2, 0) is 5.41 Å². The largest absolute Gasteiger partial charge is 0.244 e. The van der Waals surface area contributed by atoms with Gasteiger partial charge in [-0.25, -0.2) is 8.78 Å². The summed E-state index contributed by atoms with van der Waals surface area (Å²) in [7, 11) is 0. The Labute approximate surface area is 82.9 Å². The van der Waals surface area contributed by atoms with E-state index in [-0.39, 0.29) is 11.2 Å². The van der Waals surface area contributed by atoms with Crippen LogP contribution >= 0.6 is 0 Å². The lowest BCUT2D eigenvalue weighted by Crippen LogP contribution is -2.31. The van der Waals surface area contributed by atoms with E-state index < -0.39 is 5.67 Å². The highest BCUT2D eigenvalue weighted by Gasteiger charge is 2.56. The minimum absolute atomic E-state index is 0.263. The van der Waals surface area contributed by atoms with Gasteiger partial charge >= 0.3 is 0 Å². The fourth-order valence-electron chi connectivity index (χ4n) is 2.12. The van der Waals surface area contributed by atoms with E-state index in [1.54, 1.807) is 26.0 Å².